The number of likely N-dealkylation sites (N-methyl/N-ethyl adjacent to an activating group) is 1. The fourth-order valence-corrected chi connectivity index (χ4v) is 4.55. The van der Waals surface area contributed by atoms with Crippen LogP contribution in [0.2, 0.25) is 0 Å². The summed E-state index contributed by atoms with van der Waals surface area (Å²) in [6, 6.07) is 2.19. The maximum absolute atomic E-state index is 13.0. The molecule has 1 unspecified atom stereocenters. The first-order valence-corrected chi connectivity index (χ1v) is 9.80. The van der Waals surface area contributed by atoms with Gasteiger partial charge in [0.25, 0.3) is 5.69 Å². The number of ether oxygens (including phenoxy) is 1. The quantitative estimate of drug-likeness (QED) is 0.447. The molecule has 0 spiro atoms. The first-order chi connectivity index (χ1) is 12.2. The number of piperidine rings is 1. The van der Waals surface area contributed by atoms with Crippen LogP contribution in [0.25, 0.3) is 0 Å². The second-order valence-electron chi connectivity index (χ2n) is 6.08. The smallest absolute Gasteiger partial charge is 0.338 e. The summed E-state index contributed by atoms with van der Waals surface area (Å²) in [6.45, 7) is 3.69. The molecule has 0 bridgehead atoms. The maximum atomic E-state index is 13.0. The number of nitrogens with one attached hydrogen (secondary N) is 1. The van der Waals surface area contributed by atoms with Crippen LogP contribution < -0.4 is 5.32 Å². The van der Waals surface area contributed by atoms with Gasteiger partial charge in [0.05, 0.1) is 22.0 Å². The number of carbonyl (C=O) groups is 1. The van der Waals surface area contributed by atoms with E-state index in [-0.39, 0.29) is 35.2 Å². The van der Waals surface area contributed by atoms with Gasteiger partial charge in [0, 0.05) is 30.8 Å². The summed E-state index contributed by atoms with van der Waals surface area (Å²) in [4.78, 5) is 22.5. The van der Waals surface area contributed by atoms with Crippen molar-refractivity contribution in [3.63, 3.8) is 0 Å². The van der Waals surface area contributed by atoms with Crippen molar-refractivity contribution in [2.75, 3.05) is 26.7 Å². The first kappa shape index (κ1) is 20.3. The molecule has 2 rings (SSSR count). The van der Waals surface area contributed by atoms with Crippen molar-refractivity contribution in [3.8, 4) is 0 Å². The van der Waals surface area contributed by atoms with Crippen LogP contribution in [0.4, 0.5) is 5.69 Å². The number of nitro groups is 1. The molecule has 1 aliphatic heterocycles. The van der Waals surface area contributed by atoms with Crippen LogP contribution in [-0.4, -0.2) is 56.4 Å². The molecule has 0 radical (unpaired) electrons. The van der Waals surface area contributed by atoms with Gasteiger partial charge < -0.3 is 10.1 Å². The molecule has 9 nitrogen and oxygen atoms in total. The minimum absolute atomic E-state index is 0.0171. The predicted octanol–water partition coefficient (Wildman–Crippen LogP) is 1.45. The van der Waals surface area contributed by atoms with E-state index in [1.54, 1.807) is 14.0 Å². The number of hydrogen-bond acceptors (Lipinski definition) is 7. The second-order valence-corrected chi connectivity index (χ2v) is 8.02. The van der Waals surface area contributed by atoms with Crippen molar-refractivity contribution < 1.29 is 22.9 Å². The Morgan fingerprint density at radius 2 is 2.15 bits per heavy atom. The summed E-state index contributed by atoms with van der Waals surface area (Å²) in [5.74, 6) is -0.781. The Bertz CT molecular complexity index is 808. The lowest BCUT2D eigenvalue weighted by molar-refractivity contribution is -0.385. The van der Waals surface area contributed by atoms with Gasteiger partial charge in [0.1, 0.15) is 0 Å². The minimum atomic E-state index is -3.97. The normalized spacial score (nSPS) is 18.5. The molecule has 1 fully saturated rings. The van der Waals surface area contributed by atoms with Gasteiger partial charge in [-0.15, -0.1) is 0 Å². The highest BCUT2D eigenvalue weighted by molar-refractivity contribution is 7.89. The summed E-state index contributed by atoms with van der Waals surface area (Å²) in [5.41, 5.74) is -0.447. The molecule has 26 heavy (non-hydrogen) atoms. The Morgan fingerprint density at radius 1 is 1.46 bits per heavy atom. The lowest BCUT2D eigenvalue weighted by Crippen LogP contribution is -2.46. The average Bonchev–Trinajstić information content (AvgIpc) is 2.61. The van der Waals surface area contributed by atoms with Gasteiger partial charge in [-0.05, 0) is 39.8 Å². The number of hydrogen-bond donors (Lipinski definition) is 1. The van der Waals surface area contributed by atoms with Crippen LogP contribution in [0.3, 0.4) is 0 Å². The molecule has 1 atom stereocenters. The van der Waals surface area contributed by atoms with E-state index >= 15 is 0 Å². The van der Waals surface area contributed by atoms with Crippen molar-refractivity contribution >= 4 is 21.7 Å². The summed E-state index contributed by atoms with van der Waals surface area (Å²) in [5, 5.41) is 14.4. The molecule has 0 aromatic heterocycles. The SMILES string of the molecule is CCOC(=O)c1cc(S(=O)(=O)N2CCCC(NC)C2)cc([N+](=O)[O-])c1C. The molecule has 0 aliphatic carbocycles. The second kappa shape index (κ2) is 8.11. The highest BCUT2D eigenvalue weighted by Gasteiger charge is 2.33. The molecule has 1 saturated heterocycles. The number of nitro benzene ring substituents is 1. The molecule has 0 amide bonds. The van der Waals surface area contributed by atoms with Gasteiger partial charge in [0.15, 0.2) is 0 Å². The number of esters is 1. The lowest BCUT2D eigenvalue weighted by atomic mass is 10.1. The largest absolute Gasteiger partial charge is 0.462 e. The van der Waals surface area contributed by atoms with Crippen molar-refractivity contribution in [3.05, 3.63) is 33.4 Å². The lowest BCUT2D eigenvalue weighted by Gasteiger charge is -2.31. The van der Waals surface area contributed by atoms with Gasteiger partial charge in [-0.25, -0.2) is 13.2 Å². The van der Waals surface area contributed by atoms with Gasteiger partial charge in [-0.3, -0.25) is 10.1 Å². The first-order valence-electron chi connectivity index (χ1n) is 8.36. The van der Waals surface area contributed by atoms with Gasteiger partial charge in [-0.2, -0.15) is 4.31 Å². The molecule has 1 aromatic rings. The van der Waals surface area contributed by atoms with E-state index in [0.717, 1.165) is 12.5 Å². The van der Waals surface area contributed by atoms with Crippen molar-refractivity contribution in [2.45, 2.75) is 37.6 Å². The molecule has 0 saturated carbocycles. The zero-order chi connectivity index (χ0) is 19.5. The predicted molar refractivity (Wildman–Crippen MR) is 94.6 cm³/mol. The third-order valence-corrected chi connectivity index (χ3v) is 6.32. The Labute approximate surface area is 152 Å². The molecule has 144 valence electrons. The van der Waals surface area contributed by atoms with Crippen LogP contribution in [0.1, 0.15) is 35.7 Å². The maximum Gasteiger partial charge on any atom is 0.338 e. The molecule has 1 aliphatic rings. The highest BCUT2D eigenvalue weighted by Crippen LogP contribution is 2.29. The molecule has 1 N–H and O–H groups in total. The summed E-state index contributed by atoms with van der Waals surface area (Å²) >= 11 is 0. The fraction of sp³-hybridized carbons (Fsp3) is 0.562. The highest BCUT2D eigenvalue weighted by atomic mass is 32.2. The number of nitrogens with zero attached hydrogens (tertiary/aromatic N) is 2. The molecule has 1 aromatic carbocycles. The third-order valence-electron chi connectivity index (χ3n) is 4.48. The average molecular weight is 385 g/mol. The fourth-order valence-electron chi connectivity index (χ4n) is 2.98. The molecule has 10 heteroatoms. The van der Waals surface area contributed by atoms with Crippen molar-refractivity contribution in [2.24, 2.45) is 0 Å². The number of rotatable bonds is 6. The van der Waals surface area contributed by atoms with E-state index in [0.29, 0.717) is 13.0 Å². The van der Waals surface area contributed by atoms with Crippen LogP contribution in [0.15, 0.2) is 17.0 Å². The molecular weight excluding hydrogens is 362 g/mol. The number of sulfonamides is 1. The Kier molecular flexibility index (Phi) is 6.32. The van der Waals surface area contributed by atoms with Crippen molar-refractivity contribution in [1.82, 2.24) is 9.62 Å². The number of benzene rings is 1. The van der Waals surface area contributed by atoms with Gasteiger partial charge in [-0.1, -0.05) is 0 Å². The van der Waals surface area contributed by atoms with E-state index in [9.17, 15) is 23.3 Å². The zero-order valence-electron chi connectivity index (χ0n) is 15.0. The molecular formula is C16H23N3O6S. The van der Waals surface area contributed by atoms with E-state index in [4.69, 9.17) is 4.74 Å². The van der Waals surface area contributed by atoms with Crippen LogP contribution >= 0.6 is 0 Å². The Balaban J connectivity index is 2.53. The van der Waals surface area contributed by atoms with Gasteiger partial charge >= 0.3 is 5.97 Å². The summed E-state index contributed by atoms with van der Waals surface area (Å²) in [7, 11) is -2.21. The Morgan fingerprint density at radius 3 is 2.73 bits per heavy atom. The summed E-state index contributed by atoms with van der Waals surface area (Å²) < 4.78 is 32.2. The topological polar surface area (TPSA) is 119 Å². The van der Waals surface area contributed by atoms with Crippen LogP contribution in [0.5, 0.6) is 0 Å². The number of carbonyl (C=O) groups excluding carboxylic acids is 1. The van der Waals surface area contributed by atoms with E-state index < -0.39 is 26.6 Å². The standard InChI is InChI=1S/C16H23N3O6S/c1-4-25-16(20)14-8-13(9-15(11(14)2)19(21)22)26(23,24)18-7-5-6-12(10-18)17-3/h8-9,12,17H,4-7,10H2,1-3H3. The van der Waals surface area contributed by atoms with Crippen LogP contribution in [0, 0.1) is 17.0 Å². The zero-order valence-corrected chi connectivity index (χ0v) is 15.8. The van der Waals surface area contributed by atoms with Crippen LogP contribution in [-0.2, 0) is 14.8 Å². The Hall–Kier alpha value is -2.04. The van der Waals surface area contributed by atoms with E-state index in [2.05, 4.69) is 5.32 Å². The molecule has 1 heterocycles. The third kappa shape index (κ3) is 4.02. The van der Waals surface area contributed by atoms with E-state index in [1.165, 1.54) is 17.3 Å². The van der Waals surface area contributed by atoms with Gasteiger partial charge in [0.2, 0.25) is 10.0 Å². The van der Waals surface area contributed by atoms with E-state index in [1.807, 2.05) is 0 Å². The summed E-state index contributed by atoms with van der Waals surface area (Å²) in [6.07, 6.45) is 1.54. The monoisotopic (exact) mass is 385 g/mol. The minimum Gasteiger partial charge on any atom is -0.462 e. The van der Waals surface area contributed by atoms with Crippen molar-refractivity contribution in [1.29, 1.82) is 0 Å².